The third-order valence-corrected chi connectivity index (χ3v) is 6.53. The van der Waals surface area contributed by atoms with Crippen molar-refractivity contribution < 1.29 is 13.2 Å². The van der Waals surface area contributed by atoms with Gasteiger partial charge in [-0.1, -0.05) is 12.1 Å². The van der Waals surface area contributed by atoms with E-state index in [0.29, 0.717) is 5.56 Å². The number of alkyl halides is 3. The number of H-pyrrole nitrogens is 2. The fourth-order valence-electron chi connectivity index (χ4n) is 3.74. The Morgan fingerprint density at radius 1 is 1.03 bits per heavy atom. The molecular formula is C22H21F3N4S. The minimum absolute atomic E-state index is 0.106. The summed E-state index contributed by atoms with van der Waals surface area (Å²) in [4.78, 5) is 8.87. The lowest BCUT2D eigenvalue weighted by Crippen LogP contribution is -2.06. The van der Waals surface area contributed by atoms with E-state index in [4.69, 9.17) is 0 Å². The van der Waals surface area contributed by atoms with Gasteiger partial charge in [0.05, 0.1) is 17.0 Å². The maximum atomic E-state index is 12.8. The van der Waals surface area contributed by atoms with Crippen molar-refractivity contribution in [3.8, 4) is 10.6 Å². The van der Waals surface area contributed by atoms with Gasteiger partial charge in [-0.2, -0.15) is 18.3 Å². The molecule has 0 saturated heterocycles. The third kappa shape index (κ3) is 3.92. The zero-order valence-electron chi connectivity index (χ0n) is 16.8. The van der Waals surface area contributed by atoms with Crippen LogP contribution in [0.5, 0.6) is 0 Å². The minimum atomic E-state index is -4.34. The topological polar surface area (TPSA) is 57.4 Å². The van der Waals surface area contributed by atoms with Crippen molar-refractivity contribution >= 4 is 11.3 Å². The van der Waals surface area contributed by atoms with Gasteiger partial charge in [0.2, 0.25) is 0 Å². The van der Waals surface area contributed by atoms with Gasteiger partial charge in [-0.05, 0) is 51.0 Å². The second-order valence-corrected chi connectivity index (χ2v) is 8.44. The molecular weight excluding hydrogens is 409 g/mol. The average Bonchev–Trinajstić information content (AvgIpc) is 3.42. The van der Waals surface area contributed by atoms with E-state index < -0.39 is 11.7 Å². The number of halogens is 3. The molecule has 30 heavy (non-hydrogen) atoms. The first-order valence-electron chi connectivity index (χ1n) is 9.52. The van der Waals surface area contributed by atoms with E-state index in [1.165, 1.54) is 29.0 Å². The predicted octanol–water partition coefficient (Wildman–Crippen LogP) is 6.18. The lowest BCUT2D eigenvalue weighted by atomic mass is 9.88. The molecule has 1 aromatic carbocycles. The molecule has 2 N–H and O–H groups in total. The average molecular weight is 430 g/mol. The Bertz CT molecular complexity index is 1120. The molecule has 0 amide bonds. The fourth-order valence-corrected chi connectivity index (χ4v) is 4.85. The summed E-state index contributed by atoms with van der Waals surface area (Å²) in [6.07, 6.45) is 0.291. The molecule has 4 rings (SSSR count). The van der Waals surface area contributed by atoms with Crippen LogP contribution in [0.25, 0.3) is 10.6 Å². The Labute approximate surface area is 176 Å². The zero-order chi connectivity index (χ0) is 21.5. The van der Waals surface area contributed by atoms with Crippen LogP contribution in [0.4, 0.5) is 13.2 Å². The van der Waals surface area contributed by atoms with Crippen molar-refractivity contribution in [1.29, 1.82) is 0 Å². The summed E-state index contributed by atoms with van der Waals surface area (Å²) in [6.45, 7) is 5.95. The molecule has 0 saturated carbocycles. The van der Waals surface area contributed by atoms with Crippen molar-refractivity contribution in [1.82, 2.24) is 20.2 Å². The second kappa shape index (κ2) is 7.75. The van der Waals surface area contributed by atoms with Gasteiger partial charge in [-0.3, -0.25) is 5.10 Å². The van der Waals surface area contributed by atoms with Crippen LogP contribution >= 0.6 is 11.3 Å². The standard InChI is InChI=1S/C22H21F3N4S/c1-12-19(30-21(27-12)15-4-6-17(7-5-15)22(23,24)25)10-18(16-8-9-26-11-16)20-13(2)28-29-14(20)3/h4-9,11,18,26H,10H2,1-3H3,(H,28,29). The van der Waals surface area contributed by atoms with Crippen LogP contribution in [0, 0.1) is 20.8 Å². The number of hydrogen-bond acceptors (Lipinski definition) is 3. The van der Waals surface area contributed by atoms with Crippen LogP contribution in [-0.4, -0.2) is 20.2 Å². The molecule has 0 aliphatic rings. The summed E-state index contributed by atoms with van der Waals surface area (Å²) >= 11 is 1.53. The molecule has 4 aromatic rings. The maximum Gasteiger partial charge on any atom is 0.416 e. The minimum Gasteiger partial charge on any atom is -0.367 e. The highest BCUT2D eigenvalue weighted by Crippen LogP contribution is 2.37. The van der Waals surface area contributed by atoms with E-state index in [-0.39, 0.29) is 5.92 Å². The Morgan fingerprint density at radius 2 is 1.77 bits per heavy atom. The summed E-state index contributed by atoms with van der Waals surface area (Å²) in [5, 5.41) is 8.14. The molecule has 0 spiro atoms. The number of aromatic nitrogens is 4. The largest absolute Gasteiger partial charge is 0.416 e. The number of thiazole rings is 1. The first kappa shape index (κ1) is 20.4. The summed E-state index contributed by atoms with van der Waals surface area (Å²) in [5.74, 6) is 0.106. The highest BCUT2D eigenvalue weighted by atomic mass is 32.1. The quantitative estimate of drug-likeness (QED) is 0.397. The molecule has 3 aromatic heterocycles. The van der Waals surface area contributed by atoms with Gasteiger partial charge < -0.3 is 4.98 Å². The molecule has 156 valence electrons. The summed E-state index contributed by atoms with van der Waals surface area (Å²) in [5.41, 5.74) is 5.25. The van der Waals surface area contributed by atoms with Crippen LogP contribution in [0.15, 0.2) is 42.7 Å². The first-order chi connectivity index (χ1) is 14.2. The van der Waals surface area contributed by atoms with Crippen LogP contribution in [0.1, 0.15) is 44.6 Å². The molecule has 3 heterocycles. The van der Waals surface area contributed by atoms with E-state index in [1.807, 2.05) is 33.2 Å². The highest BCUT2D eigenvalue weighted by molar-refractivity contribution is 7.15. The third-order valence-electron chi connectivity index (χ3n) is 5.30. The lowest BCUT2D eigenvalue weighted by molar-refractivity contribution is -0.137. The molecule has 0 radical (unpaired) electrons. The number of rotatable bonds is 5. The molecule has 0 bridgehead atoms. The summed E-state index contributed by atoms with van der Waals surface area (Å²) < 4.78 is 38.5. The summed E-state index contributed by atoms with van der Waals surface area (Å²) in [7, 11) is 0. The number of hydrogen-bond donors (Lipinski definition) is 2. The molecule has 1 unspecified atom stereocenters. The number of benzene rings is 1. The van der Waals surface area contributed by atoms with Gasteiger partial charge in [0.15, 0.2) is 0 Å². The van der Waals surface area contributed by atoms with Crippen molar-refractivity contribution in [3.05, 3.63) is 81.4 Å². The normalized spacial score (nSPS) is 13.0. The van der Waals surface area contributed by atoms with E-state index >= 15 is 0 Å². The molecule has 0 fully saturated rings. The smallest absolute Gasteiger partial charge is 0.367 e. The monoisotopic (exact) mass is 430 g/mol. The van der Waals surface area contributed by atoms with Crippen LogP contribution < -0.4 is 0 Å². The van der Waals surface area contributed by atoms with Gasteiger partial charge in [-0.25, -0.2) is 4.98 Å². The Kier molecular flexibility index (Phi) is 5.27. The van der Waals surface area contributed by atoms with Gasteiger partial charge in [-0.15, -0.1) is 11.3 Å². The van der Waals surface area contributed by atoms with Crippen LogP contribution in [-0.2, 0) is 12.6 Å². The lowest BCUT2D eigenvalue weighted by Gasteiger charge is -2.16. The predicted molar refractivity (Wildman–Crippen MR) is 112 cm³/mol. The SMILES string of the molecule is Cc1nc(-c2ccc(C(F)(F)F)cc2)sc1CC(c1cc[nH]c1)c1c(C)n[nH]c1C. The van der Waals surface area contributed by atoms with Crippen molar-refractivity contribution in [3.63, 3.8) is 0 Å². The van der Waals surface area contributed by atoms with E-state index in [0.717, 1.165) is 51.1 Å². The molecule has 0 aliphatic carbocycles. The Morgan fingerprint density at radius 3 is 2.33 bits per heavy atom. The van der Waals surface area contributed by atoms with Crippen LogP contribution in [0.2, 0.25) is 0 Å². The maximum absolute atomic E-state index is 12.8. The summed E-state index contributed by atoms with van der Waals surface area (Å²) in [6, 6.07) is 7.24. The molecule has 0 aliphatic heterocycles. The second-order valence-electron chi connectivity index (χ2n) is 7.35. The Balaban J connectivity index is 1.67. The van der Waals surface area contributed by atoms with E-state index in [2.05, 4.69) is 26.2 Å². The Hall–Kier alpha value is -2.87. The molecule has 8 heteroatoms. The fraction of sp³-hybridized carbons (Fsp3) is 0.273. The van der Waals surface area contributed by atoms with Gasteiger partial charge in [0.1, 0.15) is 5.01 Å². The number of aryl methyl sites for hydroxylation is 3. The van der Waals surface area contributed by atoms with E-state index in [1.54, 1.807) is 0 Å². The molecule has 4 nitrogen and oxygen atoms in total. The highest BCUT2D eigenvalue weighted by Gasteiger charge is 2.30. The molecule has 1 atom stereocenters. The van der Waals surface area contributed by atoms with Gasteiger partial charge >= 0.3 is 6.18 Å². The number of aromatic amines is 2. The van der Waals surface area contributed by atoms with Gasteiger partial charge in [0, 0.05) is 40.0 Å². The van der Waals surface area contributed by atoms with Crippen molar-refractivity contribution in [2.45, 2.75) is 39.3 Å². The van der Waals surface area contributed by atoms with Gasteiger partial charge in [0.25, 0.3) is 0 Å². The van der Waals surface area contributed by atoms with Crippen molar-refractivity contribution in [2.24, 2.45) is 0 Å². The van der Waals surface area contributed by atoms with E-state index in [9.17, 15) is 13.2 Å². The number of nitrogens with one attached hydrogen (secondary N) is 2. The van der Waals surface area contributed by atoms with Crippen molar-refractivity contribution in [2.75, 3.05) is 0 Å². The van der Waals surface area contributed by atoms with Crippen LogP contribution in [0.3, 0.4) is 0 Å². The number of nitrogens with zero attached hydrogens (tertiary/aromatic N) is 2. The zero-order valence-corrected chi connectivity index (χ0v) is 17.6. The first-order valence-corrected chi connectivity index (χ1v) is 10.3.